The van der Waals surface area contributed by atoms with Gasteiger partial charge < -0.3 is 10.2 Å². The van der Waals surface area contributed by atoms with Crippen LogP contribution in [0.25, 0.3) is 10.3 Å². The lowest BCUT2D eigenvalue weighted by Crippen LogP contribution is -2.37. The number of nitrogens with one attached hydrogen (secondary N) is 1. The van der Waals surface area contributed by atoms with Gasteiger partial charge in [0, 0.05) is 19.1 Å². The van der Waals surface area contributed by atoms with E-state index in [0.29, 0.717) is 16.3 Å². The average molecular weight is 375 g/mol. The van der Waals surface area contributed by atoms with Gasteiger partial charge in [0.2, 0.25) is 5.91 Å². The SMILES string of the molecule is C[C@@H]1CCCN(c2nc3ncn(CC(=O)NC4CCCC4)c(=O)c3s2)C1. The number of nitrogens with zero attached hydrogens (tertiary/aromatic N) is 4. The summed E-state index contributed by atoms with van der Waals surface area (Å²) in [6, 6.07) is 0.256. The van der Waals surface area contributed by atoms with Gasteiger partial charge in [-0.05, 0) is 31.6 Å². The average Bonchev–Trinajstić information content (AvgIpc) is 3.27. The third kappa shape index (κ3) is 3.60. The largest absolute Gasteiger partial charge is 0.352 e. The van der Waals surface area contributed by atoms with Gasteiger partial charge in [0.15, 0.2) is 10.8 Å². The smallest absolute Gasteiger partial charge is 0.273 e. The summed E-state index contributed by atoms with van der Waals surface area (Å²) in [5, 5.41) is 3.88. The molecule has 0 radical (unpaired) electrons. The number of amides is 1. The number of anilines is 1. The highest BCUT2D eigenvalue weighted by molar-refractivity contribution is 7.22. The zero-order chi connectivity index (χ0) is 18.1. The molecule has 1 N–H and O–H groups in total. The molecular formula is C18H25N5O2S. The van der Waals surface area contributed by atoms with Crippen LogP contribution in [-0.4, -0.2) is 39.6 Å². The lowest BCUT2D eigenvalue weighted by Gasteiger charge is -2.30. The van der Waals surface area contributed by atoms with Gasteiger partial charge in [-0.3, -0.25) is 14.2 Å². The molecule has 4 rings (SSSR count). The van der Waals surface area contributed by atoms with Crippen LogP contribution in [0.3, 0.4) is 0 Å². The van der Waals surface area contributed by atoms with Crippen LogP contribution < -0.4 is 15.8 Å². The van der Waals surface area contributed by atoms with Crippen LogP contribution >= 0.6 is 11.3 Å². The van der Waals surface area contributed by atoms with Crippen molar-refractivity contribution >= 4 is 32.7 Å². The number of fused-ring (bicyclic) bond motifs is 1. The highest BCUT2D eigenvalue weighted by Crippen LogP contribution is 2.29. The molecule has 1 saturated heterocycles. The Morgan fingerprint density at radius 3 is 2.88 bits per heavy atom. The third-order valence-corrected chi connectivity index (χ3v) is 6.43. The molecule has 2 aliphatic rings. The first-order valence-corrected chi connectivity index (χ1v) is 10.3. The van der Waals surface area contributed by atoms with E-state index in [0.717, 1.165) is 50.3 Å². The van der Waals surface area contributed by atoms with E-state index >= 15 is 0 Å². The van der Waals surface area contributed by atoms with Crippen molar-refractivity contribution in [2.75, 3.05) is 18.0 Å². The van der Waals surface area contributed by atoms with Crippen LogP contribution in [0, 0.1) is 5.92 Å². The molecule has 3 heterocycles. The molecule has 2 fully saturated rings. The van der Waals surface area contributed by atoms with Crippen molar-refractivity contribution in [3.8, 4) is 0 Å². The molecule has 2 aromatic rings. The summed E-state index contributed by atoms with van der Waals surface area (Å²) in [5.74, 6) is 0.523. The number of carbonyl (C=O) groups excluding carboxylic acids is 1. The van der Waals surface area contributed by atoms with Gasteiger partial charge in [-0.15, -0.1) is 0 Å². The van der Waals surface area contributed by atoms with Crippen LogP contribution in [0.15, 0.2) is 11.1 Å². The zero-order valence-corrected chi connectivity index (χ0v) is 15.9. The molecular weight excluding hydrogens is 350 g/mol. The second kappa shape index (κ2) is 7.34. The number of hydrogen-bond donors (Lipinski definition) is 1. The predicted octanol–water partition coefficient (Wildman–Crippen LogP) is 2.15. The molecule has 0 spiro atoms. The molecule has 0 unspecified atom stereocenters. The van der Waals surface area contributed by atoms with Gasteiger partial charge in [0.1, 0.15) is 17.6 Å². The standard InChI is InChI=1S/C18H25N5O2S/c1-12-5-4-8-22(9-12)18-21-16-15(26-18)17(25)23(11-19-16)10-14(24)20-13-6-2-3-7-13/h11-13H,2-10H2,1H3,(H,20,24)/t12-/m1/s1. The van der Waals surface area contributed by atoms with E-state index in [4.69, 9.17) is 0 Å². The van der Waals surface area contributed by atoms with Crippen molar-refractivity contribution < 1.29 is 4.79 Å². The molecule has 140 valence electrons. The van der Waals surface area contributed by atoms with Crippen molar-refractivity contribution in [1.29, 1.82) is 0 Å². The minimum atomic E-state index is -0.176. The van der Waals surface area contributed by atoms with E-state index in [2.05, 4.69) is 27.1 Å². The minimum Gasteiger partial charge on any atom is -0.352 e. The molecule has 26 heavy (non-hydrogen) atoms. The van der Waals surface area contributed by atoms with Gasteiger partial charge in [-0.25, -0.2) is 4.98 Å². The molecule has 7 nitrogen and oxygen atoms in total. The number of piperidine rings is 1. The molecule has 8 heteroatoms. The maximum absolute atomic E-state index is 12.8. The Labute approximate surface area is 156 Å². The van der Waals surface area contributed by atoms with Gasteiger partial charge in [0.05, 0.1) is 0 Å². The summed E-state index contributed by atoms with van der Waals surface area (Å²) in [5.41, 5.74) is 0.311. The lowest BCUT2D eigenvalue weighted by molar-refractivity contribution is -0.122. The van der Waals surface area contributed by atoms with Crippen molar-refractivity contribution in [2.24, 2.45) is 5.92 Å². The number of rotatable bonds is 4. The van der Waals surface area contributed by atoms with Crippen LogP contribution in [0.5, 0.6) is 0 Å². The summed E-state index contributed by atoms with van der Waals surface area (Å²) in [6.07, 6.45) is 8.23. The lowest BCUT2D eigenvalue weighted by atomic mass is 10.0. The Bertz CT molecular complexity index is 855. The summed E-state index contributed by atoms with van der Waals surface area (Å²) in [6.45, 7) is 4.21. The van der Waals surface area contributed by atoms with E-state index in [1.807, 2.05) is 0 Å². The van der Waals surface area contributed by atoms with Crippen molar-refractivity contribution in [3.63, 3.8) is 0 Å². The second-order valence-corrected chi connectivity index (χ2v) is 8.55. The fourth-order valence-corrected chi connectivity index (χ4v) is 4.95. The van der Waals surface area contributed by atoms with Gasteiger partial charge in [-0.2, -0.15) is 4.98 Å². The number of carbonyl (C=O) groups is 1. The van der Waals surface area contributed by atoms with E-state index in [-0.39, 0.29) is 24.1 Å². The molecule has 0 bridgehead atoms. The molecule has 0 aromatic carbocycles. The minimum absolute atomic E-state index is 0.0201. The Kier molecular flexibility index (Phi) is 4.93. The highest BCUT2D eigenvalue weighted by atomic mass is 32.1. The summed E-state index contributed by atoms with van der Waals surface area (Å²) < 4.78 is 1.93. The molecule has 1 aliphatic heterocycles. The maximum Gasteiger partial charge on any atom is 0.273 e. The van der Waals surface area contributed by atoms with E-state index < -0.39 is 0 Å². The molecule has 2 aromatic heterocycles. The first-order valence-electron chi connectivity index (χ1n) is 9.50. The van der Waals surface area contributed by atoms with Gasteiger partial charge >= 0.3 is 0 Å². The van der Waals surface area contributed by atoms with E-state index in [9.17, 15) is 9.59 Å². The zero-order valence-electron chi connectivity index (χ0n) is 15.1. The fraction of sp³-hybridized carbons (Fsp3) is 0.667. The fourth-order valence-electron chi connectivity index (χ4n) is 3.94. The molecule has 1 aliphatic carbocycles. The quantitative estimate of drug-likeness (QED) is 0.886. The van der Waals surface area contributed by atoms with Crippen LogP contribution in [0.4, 0.5) is 5.13 Å². The molecule has 1 atom stereocenters. The monoisotopic (exact) mass is 375 g/mol. The van der Waals surface area contributed by atoms with Crippen LogP contribution in [0.2, 0.25) is 0 Å². The highest BCUT2D eigenvalue weighted by Gasteiger charge is 2.22. The van der Waals surface area contributed by atoms with Gasteiger partial charge in [-0.1, -0.05) is 31.1 Å². The molecule has 1 amide bonds. The summed E-state index contributed by atoms with van der Waals surface area (Å²) in [7, 11) is 0. The molecule has 1 saturated carbocycles. The summed E-state index contributed by atoms with van der Waals surface area (Å²) in [4.78, 5) is 36.1. The second-order valence-electron chi connectivity index (χ2n) is 7.57. The van der Waals surface area contributed by atoms with Crippen molar-refractivity contribution in [2.45, 2.75) is 58.0 Å². The van der Waals surface area contributed by atoms with Crippen LogP contribution in [-0.2, 0) is 11.3 Å². The third-order valence-electron chi connectivity index (χ3n) is 5.33. The first kappa shape index (κ1) is 17.5. The van der Waals surface area contributed by atoms with Crippen LogP contribution in [0.1, 0.15) is 45.4 Å². The van der Waals surface area contributed by atoms with Crippen molar-refractivity contribution in [1.82, 2.24) is 19.9 Å². The number of aromatic nitrogens is 3. The number of hydrogen-bond acceptors (Lipinski definition) is 6. The Balaban J connectivity index is 1.52. The van der Waals surface area contributed by atoms with E-state index in [1.165, 1.54) is 28.7 Å². The van der Waals surface area contributed by atoms with Gasteiger partial charge in [0.25, 0.3) is 5.56 Å². The normalized spacial score (nSPS) is 21.4. The number of thiazole rings is 1. The van der Waals surface area contributed by atoms with E-state index in [1.54, 1.807) is 0 Å². The predicted molar refractivity (Wildman–Crippen MR) is 103 cm³/mol. The topological polar surface area (TPSA) is 80.1 Å². The Hall–Kier alpha value is -1.96. The maximum atomic E-state index is 12.8. The summed E-state index contributed by atoms with van der Waals surface area (Å²) >= 11 is 1.39. The Morgan fingerprint density at radius 2 is 2.12 bits per heavy atom. The first-order chi connectivity index (χ1) is 12.6. The Morgan fingerprint density at radius 1 is 1.31 bits per heavy atom. The van der Waals surface area contributed by atoms with Crippen molar-refractivity contribution in [3.05, 3.63) is 16.7 Å².